The molecule has 1 aromatic rings. The van der Waals surface area contributed by atoms with E-state index in [1.165, 1.54) is 12.6 Å². The average Bonchev–Trinajstić information content (AvgIpc) is 2.19. The Balaban J connectivity index is 2.37. The molecule has 0 aliphatic carbocycles. The van der Waals surface area contributed by atoms with Crippen LogP contribution in [0.1, 0.15) is 5.56 Å². The summed E-state index contributed by atoms with van der Waals surface area (Å²) in [5.41, 5.74) is 1.33. The summed E-state index contributed by atoms with van der Waals surface area (Å²) in [4.78, 5) is 0. The molecule has 0 nitrogen and oxygen atoms in total. The average molecular weight is 171 g/mol. The largest absolute Gasteiger partial charge is 0.0930 e. The Kier molecular flexibility index (Phi) is 5.14. The molecular formula is C8H10B6. The summed E-state index contributed by atoms with van der Waals surface area (Å²) in [6.45, 7) is 2.60. The van der Waals surface area contributed by atoms with E-state index >= 15 is 0 Å². The Morgan fingerprint density at radius 3 is 2.50 bits per heavy atom. The van der Waals surface area contributed by atoms with Crippen LogP contribution in [0.2, 0.25) is 6.82 Å². The van der Waals surface area contributed by atoms with Crippen LogP contribution in [0.15, 0.2) is 30.3 Å². The molecule has 1 rings (SSSR count). The van der Waals surface area contributed by atoms with E-state index in [0.29, 0.717) is 6.60 Å². The molecule has 6 heteroatoms. The summed E-state index contributed by atoms with van der Waals surface area (Å²) in [5, 5.41) is 0. The highest BCUT2D eigenvalue weighted by Gasteiger charge is 2.12. The summed E-state index contributed by atoms with van der Waals surface area (Å²) in [6.07, 6.45) is 0.913. The third-order valence-electron chi connectivity index (χ3n) is 2.17. The van der Waals surface area contributed by atoms with Crippen LogP contribution in [0.5, 0.6) is 0 Å². The van der Waals surface area contributed by atoms with Crippen LogP contribution < -0.4 is 0 Å². The van der Waals surface area contributed by atoms with Crippen molar-refractivity contribution in [1.82, 2.24) is 0 Å². The summed E-state index contributed by atoms with van der Waals surface area (Å²) in [7, 11) is 14.6. The highest BCUT2D eigenvalue weighted by molar-refractivity contribution is 7.72. The molecule has 14 heavy (non-hydrogen) atoms. The molecule has 0 heterocycles. The van der Waals surface area contributed by atoms with E-state index < -0.39 is 0 Å². The maximum atomic E-state index is 5.69. The van der Waals surface area contributed by atoms with Crippen LogP contribution in [0.3, 0.4) is 0 Å². The van der Waals surface area contributed by atoms with Gasteiger partial charge in [-0.15, -0.1) is 0 Å². The lowest BCUT2D eigenvalue weighted by atomic mass is 8.82. The predicted octanol–water partition coefficient (Wildman–Crippen LogP) is 0.0349. The van der Waals surface area contributed by atoms with Crippen LogP contribution in [0, 0.1) is 0 Å². The van der Waals surface area contributed by atoms with Gasteiger partial charge >= 0.3 is 0 Å². The molecule has 0 N–H and O–H groups in total. The standard InChI is InChI=1S/C8H10B6/c1-13(12-14(10)11-9)7-8-5-3-2-4-6-8/h2-6H,7H2,1H3. The fourth-order valence-electron chi connectivity index (χ4n) is 1.50. The Labute approximate surface area is 92.0 Å². The van der Waals surface area contributed by atoms with Gasteiger partial charge < -0.3 is 0 Å². The van der Waals surface area contributed by atoms with Crippen molar-refractivity contribution in [3.05, 3.63) is 35.9 Å². The number of rotatable bonds is 5. The van der Waals surface area contributed by atoms with Crippen molar-refractivity contribution < 1.29 is 0 Å². The van der Waals surface area contributed by atoms with E-state index in [9.17, 15) is 0 Å². The van der Waals surface area contributed by atoms with Crippen molar-refractivity contribution >= 4 is 42.6 Å². The molecule has 6 radical (unpaired) electrons. The van der Waals surface area contributed by atoms with Gasteiger partial charge in [-0.1, -0.05) is 49.0 Å². The van der Waals surface area contributed by atoms with Crippen molar-refractivity contribution in [1.29, 1.82) is 0 Å². The van der Waals surface area contributed by atoms with Gasteiger partial charge in [-0.05, 0) is 0 Å². The molecular weight excluding hydrogens is 161 g/mol. The zero-order valence-corrected chi connectivity index (χ0v) is 8.56. The number of benzene rings is 1. The smallest absolute Gasteiger partial charge is 0.0924 e. The minimum Gasteiger partial charge on any atom is -0.0930 e. The highest BCUT2D eigenvalue weighted by Crippen LogP contribution is 2.01. The van der Waals surface area contributed by atoms with Gasteiger partial charge in [-0.3, -0.25) is 0 Å². The lowest BCUT2D eigenvalue weighted by molar-refractivity contribution is 1.38. The van der Waals surface area contributed by atoms with Gasteiger partial charge in [0.1, 0.15) is 0 Å². The van der Waals surface area contributed by atoms with Crippen LogP contribution in [-0.4, -0.2) is 42.6 Å². The van der Waals surface area contributed by atoms with Crippen LogP contribution in [0.4, 0.5) is 0 Å². The van der Waals surface area contributed by atoms with Gasteiger partial charge in [0.15, 0.2) is 0 Å². The summed E-state index contributed by atoms with van der Waals surface area (Å²) >= 11 is 0. The number of hydrogen-bond donors (Lipinski definition) is 0. The molecule has 0 fully saturated rings. The first kappa shape index (κ1) is 11.7. The molecule has 0 spiro atoms. The zero-order chi connectivity index (χ0) is 10.4. The topological polar surface area (TPSA) is 0 Å². The molecule has 0 atom stereocenters. The van der Waals surface area contributed by atoms with Gasteiger partial charge in [0.25, 0.3) is 0 Å². The van der Waals surface area contributed by atoms with Gasteiger partial charge in [0.05, 0.1) is 6.60 Å². The van der Waals surface area contributed by atoms with Crippen molar-refractivity contribution in [2.75, 3.05) is 0 Å². The van der Waals surface area contributed by atoms with Gasteiger partial charge in [0.2, 0.25) is 0 Å². The van der Waals surface area contributed by atoms with E-state index in [0.717, 1.165) is 6.32 Å². The third-order valence-corrected chi connectivity index (χ3v) is 2.17. The fourth-order valence-corrected chi connectivity index (χ4v) is 1.50. The second-order valence-corrected chi connectivity index (χ2v) is 3.63. The minimum absolute atomic E-state index is 0.103. The molecule has 0 unspecified atom stereocenters. The van der Waals surface area contributed by atoms with Gasteiger partial charge in [-0.2, -0.15) is 0 Å². The summed E-state index contributed by atoms with van der Waals surface area (Å²) in [6, 6.07) is 10.4. The summed E-state index contributed by atoms with van der Waals surface area (Å²) in [5.74, 6) is 0. The Morgan fingerprint density at radius 1 is 1.29 bits per heavy atom. The first-order chi connectivity index (χ1) is 6.72. The van der Waals surface area contributed by atoms with Crippen LogP contribution >= 0.6 is 0 Å². The van der Waals surface area contributed by atoms with E-state index in [1.807, 2.05) is 6.07 Å². The highest BCUT2D eigenvalue weighted by atomic mass is 13.8. The lowest BCUT2D eigenvalue weighted by Crippen LogP contribution is -2.41. The van der Waals surface area contributed by atoms with E-state index in [4.69, 9.17) is 15.5 Å². The van der Waals surface area contributed by atoms with Crippen LogP contribution in [0.25, 0.3) is 0 Å². The molecule has 0 aromatic heterocycles. The minimum atomic E-state index is -0.103. The maximum Gasteiger partial charge on any atom is 0.0924 e. The van der Waals surface area contributed by atoms with Crippen molar-refractivity contribution in [2.24, 2.45) is 0 Å². The molecule has 0 aliphatic rings. The molecule has 0 aliphatic heterocycles. The third kappa shape index (κ3) is 4.21. The van der Waals surface area contributed by atoms with Crippen LogP contribution in [-0.2, 0) is 6.32 Å². The van der Waals surface area contributed by atoms with Crippen molar-refractivity contribution in [3.8, 4) is 0 Å². The monoisotopic (exact) mass is 172 g/mol. The van der Waals surface area contributed by atoms with E-state index in [2.05, 4.69) is 38.1 Å². The van der Waals surface area contributed by atoms with E-state index in [-0.39, 0.29) is 6.39 Å². The second kappa shape index (κ2) is 6.16. The molecule has 0 saturated heterocycles. The Bertz CT molecular complexity index is 251. The fraction of sp³-hybridized carbons (Fsp3) is 0.250. The van der Waals surface area contributed by atoms with Crippen molar-refractivity contribution in [3.63, 3.8) is 0 Å². The number of hydrogen-bond acceptors (Lipinski definition) is 0. The maximum absolute atomic E-state index is 5.69. The van der Waals surface area contributed by atoms with E-state index in [1.54, 1.807) is 0 Å². The first-order valence-electron chi connectivity index (χ1n) is 4.92. The second-order valence-electron chi connectivity index (χ2n) is 3.63. The Morgan fingerprint density at radius 2 is 1.93 bits per heavy atom. The molecule has 60 valence electrons. The first-order valence-corrected chi connectivity index (χ1v) is 4.92. The van der Waals surface area contributed by atoms with Crippen molar-refractivity contribution in [2.45, 2.75) is 13.1 Å². The molecule has 1 aromatic carbocycles. The molecule has 0 saturated carbocycles. The molecule has 0 bridgehead atoms. The summed E-state index contributed by atoms with van der Waals surface area (Å²) < 4.78 is 0. The lowest BCUT2D eigenvalue weighted by Gasteiger charge is -2.10. The van der Waals surface area contributed by atoms with Gasteiger partial charge in [0, 0.05) is 36.0 Å². The SMILES string of the molecule is [B][B]B([B])[B]B(C)Cc1ccccc1. The predicted molar refractivity (Wildman–Crippen MR) is 70.5 cm³/mol. The Hall–Kier alpha value is -0.390. The van der Waals surface area contributed by atoms with Gasteiger partial charge in [-0.25, -0.2) is 0 Å². The zero-order valence-electron chi connectivity index (χ0n) is 8.56. The molecule has 0 amide bonds. The quantitative estimate of drug-likeness (QED) is 0.548. The normalized spacial score (nSPS) is 9.21.